The Morgan fingerprint density at radius 2 is 2.40 bits per heavy atom. The van der Waals surface area contributed by atoms with Gasteiger partial charge >= 0.3 is 5.97 Å². The molecule has 4 nitrogen and oxygen atoms in total. The lowest BCUT2D eigenvalue weighted by molar-refractivity contribution is -0.141. The fourth-order valence-corrected chi connectivity index (χ4v) is 1.31. The molecule has 1 saturated heterocycles. The van der Waals surface area contributed by atoms with E-state index in [-0.39, 0.29) is 0 Å². The van der Waals surface area contributed by atoms with Gasteiger partial charge in [-0.2, -0.15) is 0 Å². The summed E-state index contributed by atoms with van der Waals surface area (Å²) in [6.45, 7) is 0. The van der Waals surface area contributed by atoms with Gasteiger partial charge in [0.05, 0.1) is 0 Å². The third kappa shape index (κ3) is 1.16. The Hall–Kier alpha value is -0.130. The largest absolute Gasteiger partial charge is 0.457 e. The summed E-state index contributed by atoms with van der Waals surface area (Å²) < 4.78 is 4.67. The summed E-state index contributed by atoms with van der Waals surface area (Å²) in [6, 6.07) is -0.873. The molecular weight excluding hydrogens is 202 g/mol. The molecule has 0 aromatic rings. The van der Waals surface area contributed by atoms with Crippen LogP contribution in [0.2, 0.25) is 0 Å². The maximum absolute atomic E-state index is 10.6. The van der Waals surface area contributed by atoms with Crippen molar-refractivity contribution in [1.82, 2.24) is 0 Å². The predicted molar refractivity (Wildman–Crippen MR) is 37.7 cm³/mol. The van der Waals surface area contributed by atoms with Crippen LogP contribution in [0, 0.1) is 0 Å². The molecular formula is C5H8BrNO3. The zero-order valence-corrected chi connectivity index (χ0v) is 6.74. The Balaban J connectivity index is 2.61. The van der Waals surface area contributed by atoms with E-state index < -0.39 is 24.2 Å². The summed E-state index contributed by atoms with van der Waals surface area (Å²) in [6.07, 6.45) is -1.35. The molecule has 10 heavy (non-hydrogen) atoms. The second-order valence-electron chi connectivity index (χ2n) is 2.15. The Kier molecular flexibility index (Phi) is 2.28. The maximum Gasteiger partial charge on any atom is 0.326 e. The minimum atomic E-state index is -0.873. The minimum absolute atomic E-state index is 0.424. The van der Waals surface area contributed by atoms with Crippen LogP contribution in [0.15, 0.2) is 0 Å². The van der Waals surface area contributed by atoms with Gasteiger partial charge in [-0.3, -0.25) is 4.79 Å². The Labute approximate surface area is 66.5 Å². The number of hydrogen-bond acceptors (Lipinski definition) is 4. The summed E-state index contributed by atoms with van der Waals surface area (Å²) in [5.74, 6) is -0.531. The van der Waals surface area contributed by atoms with E-state index in [1.807, 2.05) is 0 Å². The molecule has 1 aliphatic heterocycles. The number of ether oxygens (including phenoxy) is 1. The van der Waals surface area contributed by atoms with Gasteiger partial charge in [0.1, 0.15) is 18.2 Å². The molecule has 3 N–H and O–H groups in total. The second kappa shape index (κ2) is 2.86. The lowest BCUT2D eigenvalue weighted by Crippen LogP contribution is -2.38. The van der Waals surface area contributed by atoms with Gasteiger partial charge in [0, 0.05) is 5.33 Å². The Bertz CT molecular complexity index is 152. The summed E-state index contributed by atoms with van der Waals surface area (Å²) >= 11 is 3.08. The molecule has 1 heterocycles. The molecule has 3 unspecified atom stereocenters. The number of hydrogen-bond donors (Lipinski definition) is 2. The predicted octanol–water partition coefficient (Wildman–Crippen LogP) is -1.01. The number of esters is 1. The van der Waals surface area contributed by atoms with E-state index in [1.165, 1.54) is 0 Å². The average molecular weight is 210 g/mol. The molecule has 0 saturated carbocycles. The van der Waals surface area contributed by atoms with Gasteiger partial charge < -0.3 is 15.6 Å². The maximum atomic E-state index is 10.6. The molecule has 5 heteroatoms. The number of carbonyl (C=O) groups is 1. The van der Waals surface area contributed by atoms with Crippen molar-refractivity contribution < 1.29 is 14.6 Å². The third-order valence-corrected chi connectivity index (χ3v) is 2.08. The lowest BCUT2D eigenvalue weighted by Gasteiger charge is -2.08. The topological polar surface area (TPSA) is 72.6 Å². The molecule has 0 spiro atoms. The van der Waals surface area contributed by atoms with Gasteiger partial charge in [0.25, 0.3) is 0 Å². The first-order valence-electron chi connectivity index (χ1n) is 2.87. The molecule has 3 atom stereocenters. The normalized spacial score (nSPS) is 39.9. The molecule has 1 rings (SSSR count). The fourth-order valence-electron chi connectivity index (χ4n) is 0.791. The van der Waals surface area contributed by atoms with Gasteiger partial charge in [-0.15, -0.1) is 0 Å². The van der Waals surface area contributed by atoms with Crippen LogP contribution in [0.1, 0.15) is 0 Å². The van der Waals surface area contributed by atoms with E-state index >= 15 is 0 Å². The quantitative estimate of drug-likeness (QED) is 0.429. The Morgan fingerprint density at radius 1 is 1.80 bits per heavy atom. The number of nitrogens with two attached hydrogens (primary N) is 1. The number of halogens is 1. The molecule has 0 amide bonds. The first-order chi connectivity index (χ1) is 4.66. The summed E-state index contributed by atoms with van der Waals surface area (Å²) in [4.78, 5) is 10.6. The van der Waals surface area contributed by atoms with Crippen molar-refractivity contribution in [1.29, 1.82) is 0 Å². The summed E-state index contributed by atoms with van der Waals surface area (Å²) in [7, 11) is 0. The van der Waals surface area contributed by atoms with Gasteiger partial charge in [-0.1, -0.05) is 15.9 Å². The SMILES string of the molecule is NC1C(=O)OC(CBr)C1O. The van der Waals surface area contributed by atoms with E-state index in [4.69, 9.17) is 10.8 Å². The van der Waals surface area contributed by atoms with Crippen LogP contribution >= 0.6 is 15.9 Å². The van der Waals surface area contributed by atoms with Crippen molar-refractivity contribution in [2.75, 3.05) is 5.33 Å². The number of rotatable bonds is 1. The fraction of sp³-hybridized carbons (Fsp3) is 0.800. The first kappa shape index (κ1) is 7.97. The highest BCUT2D eigenvalue weighted by Crippen LogP contribution is 2.15. The number of aliphatic hydroxyl groups excluding tert-OH is 1. The van der Waals surface area contributed by atoms with E-state index in [0.29, 0.717) is 5.33 Å². The van der Waals surface area contributed by atoms with Crippen LogP contribution in [0.5, 0.6) is 0 Å². The van der Waals surface area contributed by atoms with Crippen LogP contribution in [0.4, 0.5) is 0 Å². The highest BCUT2D eigenvalue weighted by atomic mass is 79.9. The van der Waals surface area contributed by atoms with E-state index in [2.05, 4.69) is 20.7 Å². The first-order valence-corrected chi connectivity index (χ1v) is 3.99. The zero-order valence-electron chi connectivity index (χ0n) is 5.16. The zero-order chi connectivity index (χ0) is 7.72. The van der Waals surface area contributed by atoms with Crippen molar-refractivity contribution >= 4 is 21.9 Å². The summed E-state index contributed by atoms with van der Waals surface area (Å²) in [5, 5.41) is 9.55. The molecule has 1 aliphatic rings. The molecule has 58 valence electrons. The summed E-state index contributed by atoms with van der Waals surface area (Å²) in [5.41, 5.74) is 5.24. The molecule has 0 radical (unpaired) electrons. The number of aliphatic hydroxyl groups is 1. The van der Waals surface area contributed by atoms with Crippen molar-refractivity contribution in [3.63, 3.8) is 0 Å². The lowest BCUT2D eigenvalue weighted by atomic mass is 10.1. The number of cyclic esters (lactones) is 1. The second-order valence-corrected chi connectivity index (χ2v) is 2.79. The van der Waals surface area contributed by atoms with Crippen LogP contribution < -0.4 is 5.73 Å². The van der Waals surface area contributed by atoms with Crippen molar-refractivity contribution in [2.45, 2.75) is 18.2 Å². The van der Waals surface area contributed by atoms with Gasteiger partial charge in [-0.25, -0.2) is 0 Å². The van der Waals surface area contributed by atoms with Gasteiger partial charge in [0.2, 0.25) is 0 Å². The van der Waals surface area contributed by atoms with Crippen molar-refractivity contribution in [2.24, 2.45) is 5.73 Å². The van der Waals surface area contributed by atoms with Gasteiger partial charge in [-0.05, 0) is 0 Å². The van der Waals surface area contributed by atoms with E-state index in [1.54, 1.807) is 0 Å². The van der Waals surface area contributed by atoms with Crippen LogP contribution in [0.3, 0.4) is 0 Å². The molecule has 0 aromatic carbocycles. The molecule has 0 aromatic heterocycles. The molecule has 0 aliphatic carbocycles. The molecule has 0 bridgehead atoms. The van der Waals surface area contributed by atoms with Crippen LogP contribution in [0.25, 0.3) is 0 Å². The molecule has 1 fully saturated rings. The van der Waals surface area contributed by atoms with Crippen molar-refractivity contribution in [3.05, 3.63) is 0 Å². The Morgan fingerprint density at radius 3 is 2.60 bits per heavy atom. The highest BCUT2D eigenvalue weighted by molar-refractivity contribution is 9.09. The van der Waals surface area contributed by atoms with Crippen LogP contribution in [-0.2, 0) is 9.53 Å². The smallest absolute Gasteiger partial charge is 0.326 e. The van der Waals surface area contributed by atoms with Crippen LogP contribution in [-0.4, -0.2) is 34.7 Å². The highest BCUT2D eigenvalue weighted by Gasteiger charge is 2.40. The minimum Gasteiger partial charge on any atom is -0.457 e. The van der Waals surface area contributed by atoms with E-state index in [9.17, 15) is 4.79 Å². The monoisotopic (exact) mass is 209 g/mol. The number of alkyl halides is 1. The van der Waals surface area contributed by atoms with Gasteiger partial charge in [0.15, 0.2) is 0 Å². The number of carbonyl (C=O) groups excluding carboxylic acids is 1. The standard InChI is InChI=1S/C5H8BrNO3/c6-1-2-4(8)3(7)5(9)10-2/h2-4,8H,1,7H2. The average Bonchev–Trinajstić information content (AvgIpc) is 2.17. The van der Waals surface area contributed by atoms with E-state index in [0.717, 1.165) is 0 Å². The van der Waals surface area contributed by atoms with Crippen molar-refractivity contribution in [3.8, 4) is 0 Å². The third-order valence-electron chi connectivity index (χ3n) is 1.44.